The van der Waals surface area contributed by atoms with Gasteiger partial charge >= 0.3 is 0 Å². The minimum Gasteiger partial charge on any atom is -0.380 e. The van der Waals surface area contributed by atoms with E-state index >= 15 is 0 Å². The largest absolute Gasteiger partial charge is 0.380 e. The highest BCUT2D eigenvalue weighted by Crippen LogP contribution is 2.28. The van der Waals surface area contributed by atoms with Crippen molar-refractivity contribution in [3.8, 4) is 0 Å². The predicted molar refractivity (Wildman–Crippen MR) is 80.6 cm³/mol. The van der Waals surface area contributed by atoms with Gasteiger partial charge < -0.3 is 15.0 Å². The molecule has 118 valence electrons. The molecule has 1 atom stereocenters. The van der Waals surface area contributed by atoms with Crippen molar-refractivity contribution in [1.82, 2.24) is 5.32 Å². The molecule has 1 aliphatic heterocycles. The fourth-order valence-corrected chi connectivity index (χ4v) is 2.68. The summed E-state index contributed by atoms with van der Waals surface area (Å²) in [6.07, 6.45) is 1.86. The average Bonchev–Trinajstić information content (AvgIpc) is 2.44. The molecule has 0 saturated carbocycles. The third-order valence-electron chi connectivity index (χ3n) is 3.82. The second kappa shape index (κ2) is 7.18. The monoisotopic (exact) mass is 298 g/mol. The molecule has 1 aromatic rings. The number of nitrogens with zero attached hydrogens (tertiary/aromatic N) is 1. The molecule has 3 nitrogen and oxygen atoms in total. The zero-order chi connectivity index (χ0) is 15.4. The number of piperidine rings is 1. The summed E-state index contributed by atoms with van der Waals surface area (Å²) in [6.45, 7) is 5.66. The summed E-state index contributed by atoms with van der Waals surface area (Å²) in [5, 5.41) is 3.16. The summed E-state index contributed by atoms with van der Waals surface area (Å²) in [5.74, 6) is -0.986. The van der Waals surface area contributed by atoms with Gasteiger partial charge in [-0.1, -0.05) is 13.8 Å². The number of rotatable bonds is 5. The van der Waals surface area contributed by atoms with Crippen LogP contribution in [0.15, 0.2) is 12.1 Å². The molecule has 1 N–H and O–H groups in total. The molecule has 2 rings (SSSR count). The predicted octanol–water partition coefficient (Wildman–Crippen LogP) is 3.08. The average molecular weight is 298 g/mol. The van der Waals surface area contributed by atoms with Crippen LogP contribution >= 0.6 is 0 Å². The molecule has 1 fully saturated rings. The molecule has 0 amide bonds. The molecule has 21 heavy (non-hydrogen) atoms. The van der Waals surface area contributed by atoms with Gasteiger partial charge in [0.2, 0.25) is 0 Å². The molecular formula is C16H24F2N2O. The molecule has 1 unspecified atom stereocenters. The number of anilines is 1. The van der Waals surface area contributed by atoms with Gasteiger partial charge in [0.25, 0.3) is 0 Å². The summed E-state index contributed by atoms with van der Waals surface area (Å²) < 4.78 is 33.9. The Kier molecular flexibility index (Phi) is 5.53. The van der Waals surface area contributed by atoms with E-state index in [0.717, 1.165) is 12.8 Å². The second-order valence-corrected chi connectivity index (χ2v) is 5.89. The van der Waals surface area contributed by atoms with Crippen LogP contribution in [0.5, 0.6) is 0 Å². The van der Waals surface area contributed by atoms with Crippen LogP contribution in [0.4, 0.5) is 14.5 Å². The van der Waals surface area contributed by atoms with Crippen LogP contribution in [0.2, 0.25) is 0 Å². The molecule has 0 aromatic heterocycles. The van der Waals surface area contributed by atoms with E-state index in [1.54, 1.807) is 12.0 Å². The quantitative estimate of drug-likeness (QED) is 0.904. The van der Waals surface area contributed by atoms with Crippen molar-refractivity contribution in [1.29, 1.82) is 0 Å². The summed E-state index contributed by atoms with van der Waals surface area (Å²) in [5.41, 5.74) is 0.702. The Labute approximate surface area is 125 Å². The highest BCUT2D eigenvalue weighted by atomic mass is 19.1. The lowest BCUT2D eigenvalue weighted by Gasteiger charge is -2.34. The molecule has 0 spiro atoms. The van der Waals surface area contributed by atoms with Crippen molar-refractivity contribution >= 4 is 5.69 Å². The third-order valence-corrected chi connectivity index (χ3v) is 3.82. The van der Waals surface area contributed by atoms with E-state index in [9.17, 15) is 8.78 Å². The van der Waals surface area contributed by atoms with Crippen LogP contribution < -0.4 is 10.2 Å². The minimum absolute atomic E-state index is 0.0415. The van der Waals surface area contributed by atoms with Gasteiger partial charge in [0.1, 0.15) is 17.3 Å². The molecule has 1 aliphatic rings. The van der Waals surface area contributed by atoms with E-state index in [1.807, 2.05) is 13.8 Å². The lowest BCUT2D eigenvalue weighted by atomic mass is 10.1. The molecule has 1 heterocycles. The summed E-state index contributed by atoms with van der Waals surface area (Å²) in [7, 11) is 1.64. The van der Waals surface area contributed by atoms with E-state index in [0.29, 0.717) is 25.2 Å². The summed E-state index contributed by atoms with van der Waals surface area (Å²) in [6, 6.07) is 3.12. The first kappa shape index (κ1) is 16.2. The van der Waals surface area contributed by atoms with Gasteiger partial charge in [-0.25, -0.2) is 8.78 Å². The van der Waals surface area contributed by atoms with Crippen molar-refractivity contribution in [2.24, 2.45) is 0 Å². The maximum absolute atomic E-state index is 14.3. The van der Waals surface area contributed by atoms with Crippen LogP contribution in [0, 0.1) is 11.6 Å². The van der Waals surface area contributed by atoms with Gasteiger partial charge in [-0.15, -0.1) is 0 Å². The highest BCUT2D eigenvalue weighted by molar-refractivity contribution is 5.51. The molecule has 0 radical (unpaired) electrons. The standard InChI is InChI=1S/C16H24F2N2O/c1-11(2)19-9-12-7-14(17)16(15(18)8-12)20-6-4-5-13(10-20)21-3/h7-8,11,13,19H,4-6,9-10H2,1-3H3. The molecule has 1 saturated heterocycles. The number of hydrogen-bond donors (Lipinski definition) is 1. The smallest absolute Gasteiger partial charge is 0.149 e. The first-order valence-corrected chi connectivity index (χ1v) is 7.50. The molecular weight excluding hydrogens is 274 g/mol. The van der Waals surface area contributed by atoms with Crippen LogP contribution in [-0.4, -0.2) is 32.3 Å². The SMILES string of the molecule is COC1CCCN(c2c(F)cc(CNC(C)C)cc2F)C1. The van der Waals surface area contributed by atoms with Crippen LogP contribution in [0.3, 0.4) is 0 Å². The highest BCUT2D eigenvalue weighted by Gasteiger charge is 2.24. The van der Waals surface area contributed by atoms with Gasteiger partial charge in [0.05, 0.1) is 6.10 Å². The van der Waals surface area contributed by atoms with Gasteiger partial charge in [0.15, 0.2) is 0 Å². The zero-order valence-corrected chi connectivity index (χ0v) is 13.0. The Morgan fingerprint density at radius 3 is 2.57 bits per heavy atom. The maximum Gasteiger partial charge on any atom is 0.149 e. The van der Waals surface area contributed by atoms with E-state index in [4.69, 9.17) is 4.74 Å². The second-order valence-electron chi connectivity index (χ2n) is 5.89. The van der Waals surface area contributed by atoms with Gasteiger partial charge in [0, 0.05) is 32.8 Å². The number of benzene rings is 1. The fourth-order valence-electron chi connectivity index (χ4n) is 2.68. The van der Waals surface area contributed by atoms with Crippen LogP contribution in [-0.2, 0) is 11.3 Å². The Morgan fingerprint density at radius 1 is 1.33 bits per heavy atom. The topological polar surface area (TPSA) is 24.5 Å². The number of ether oxygens (including phenoxy) is 1. The van der Waals surface area contributed by atoms with Gasteiger partial charge in [-0.2, -0.15) is 0 Å². The zero-order valence-electron chi connectivity index (χ0n) is 13.0. The molecule has 0 bridgehead atoms. The summed E-state index contributed by atoms with van der Waals surface area (Å²) in [4.78, 5) is 1.75. The van der Waals surface area contributed by atoms with Crippen molar-refractivity contribution in [3.63, 3.8) is 0 Å². The normalized spacial score (nSPS) is 19.3. The lowest BCUT2D eigenvalue weighted by Crippen LogP contribution is -2.40. The first-order valence-electron chi connectivity index (χ1n) is 7.50. The van der Waals surface area contributed by atoms with E-state index in [-0.39, 0.29) is 17.8 Å². The molecule has 0 aliphatic carbocycles. The van der Waals surface area contributed by atoms with Crippen LogP contribution in [0.1, 0.15) is 32.3 Å². The fraction of sp³-hybridized carbons (Fsp3) is 0.625. The van der Waals surface area contributed by atoms with Crippen molar-refractivity contribution in [2.45, 2.75) is 45.4 Å². The first-order chi connectivity index (χ1) is 10.0. The molecule has 5 heteroatoms. The van der Waals surface area contributed by atoms with E-state index < -0.39 is 11.6 Å². The van der Waals surface area contributed by atoms with Crippen molar-refractivity contribution in [3.05, 3.63) is 29.3 Å². The Morgan fingerprint density at radius 2 is 2.00 bits per heavy atom. The van der Waals surface area contributed by atoms with E-state index in [1.165, 1.54) is 12.1 Å². The van der Waals surface area contributed by atoms with E-state index in [2.05, 4.69) is 5.32 Å². The molecule has 1 aromatic carbocycles. The number of nitrogens with one attached hydrogen (secondary N) is 1. The van der Waals surface area contributed by atoms with Gasteiger partial charge in [-0.3, -0.25) is 0 Å². The van der Waals surface area contributed by atoms with Crippen molar-refractivity contribution < 1.29 is 13.5 Å². The Hall–Kier alpha value is -1.20. The lowest BCUT2D eigenvalue weighted by molar-refractivity contribution is 0.0890. The third kappa shape index (κ3) is 4.14. The van der Waals surface area contributed by atoms with Crippen LogP contribution in [0.25, 0.3) is 0 Å². The van der Waals surface area contributed by atoms with Gasteiger partial charge in [-0.05, 0) is 30.5 Å². The number of hydrogen-bond acceptors (Lipinski definition) is 3. The Bertz CT molecular complexity index is 456. The number of halogens is 2. The summed E-state index contributed by atoms with van der Waals surface area (Å²) >= 11 is 0. The van der Waals surface area contributed by atoms with Crippen molar-refractivity contribution in [2.75, 3.05) is 25.1 Å². The Balaban J connectivity index is 2.16. The number of methoxy groups -OCH3 is 1. The maximum atomic E-state index is 14.3. The minimum atomic E-state index is -0.493.